The van der Waals surface area contributed by atoms with Crippen molar-refractivity contribution in [3.63, 3.8) is 0 Å². The smallest absolute Gasteiger partial charge is 0.251 e. The van der Waals surface area contributed by atoms with E-state index in [1.54, 1.807) is 18.6 Å². The van der Waals surface area contributed by atoms with Crippen LogP contribution < -0.4 is 0 Å². The third-order valence-electron chi connectivity index (χ3n) is 2.70. The van der Waals surface area contributed by atoms with Crippen LogP contribution in [-0.2, 0) is 5.41 Å². The van der Waals surface area contributed by atoms with Crippen molar-refractivity contribution in [1.82, 2.24) is 29.5 Å². The van der Waals surface area contributed by atoms with E-state index in [0.717, 1.165) is 5.69 Å². The van der Waals surface area contributed by atoms with Crippen molar-refractivity contribution < 1.29 is 0 Å². The second kappa shape index (κ2) is 3.63. The Morgan fingerprint density at radius 2 is 2.00 bits per heavy atom. The molecule has 6 nitrogen and oxygen atoms in total. The maximum atomic E-state index is 4.50. The summed E-state index contributed by atoms with van der Waals surface area (Å²) in [6.45, 7) is 6.37. The number of aromatic amines is 1. The molecule has 0 bridgehead atoms. The molecule has 0 spiro atoms. The molecule has 0 atom stereocenters. The van der Waals surface area contributed by atoms with Crippen LogP contribution in [0.4, 0.5) is 0 Å². The van der Waals surface area contributed by atoms with Crippen molar-refractivity contribution in [2.75, 3.05) is 0 Å². The van der Waals surface area contributed by atoms with Crippen LogP contribution in [0.3, 0.4) is 0 Å². The summed E-state index contributed by atoms with van der Waals surface area (Å²) in [5, 5.41) is 3.14. The van der Waals surface area contributed by atoms with Crippen LogP contribution in [0.2, 0.25) is 0 Å². The van der Waals surface area contributed by atoms with E-state index >= 15 is 0 Å². The van der Waals surface area contributed by atoms with Gasteiger partial charge >= 0.3 is 0 Å². The standard InChI is InChI=1S/C12H14N6/c1-12(2,3)9-7-18-11(15-9)16-10(17-18)8-6-13-4-5-14-8/h4-7H,1-3H3,(H,15,16,17). The molecule has 3 aromatic rings. The molecule has 0 amide bonds. The van der Waals surface area contributed by atoms with Gasteiger partial charge < -0.3 is 0 Å². The Bertz CT molecular complexity index is 642. The quantitative estimate of drug-likeness (QED) is 0.706. The van der Waals surface area contributed by atoms with Crippen LogP contribution >= 0.6 is 0 Å². The molecule has 1 N–H and O–H groups in total. The van der Waals surface area contributed by atoms with E-state index in [4.69, 9.17) is 0 Å². The second-order valence-corrected chi connectivity index (χ2v) is 5.21. The number of nitrogens with one attached hydrogen (secondary N) is 1. The first-order valence-electron chi connectivity index (χ1n) is 5.76. The molecule has 0 saturated heterocycles. The first-order chi connectivity index (χ1) is 8.54. The van der Waals surface area contributed by atoms with Crippen LogP contribution in [0.1, 0.15) is 26.5 Å². The van der Waals surface area contributed by atoms with Crippen molar-refractivity contribution in [2.45, 2.75) is 26.2 Å². The number of aromatic nitrogens is 6. The summed E-state index contributed by atoms with van der Waals surface area (Å²) in [6.07, 6.45) is 6.90. The van der Waals surface area contributed by atoms with Crippen LogP contribution in [0.5, 0.6) is 0 Å². The number of hydrogen-bond donors (Lipinski definition) is 1. The Hall–Kier alpha value is -2.24. The zero-order valence-corrected chi connectivity index (χ0v) is 10.5. The fourth-order valence-electron chi connectivity index (χ4n) is 1.67. The summed E-state index contributed by atoms with van der Waals surface area (Å²) >= 11 is 0. The Morgan fingerprint density at radius 3 is 2.61 bits per heavy atom. The van der Waals surface area contributed by atoms with Gasteiger partial charge in [-0.25, -0.2) is 14.5 Å². The maximum absolute atomic E-state index is 4.50. The van der Waals surface area contributed by atoms with Gasteiger partial charge in [0.15, 0.2) is 5.82 Å². The van der Waals surface area contributed by atoms with E-state index in [-0.39, 0.29) is 5.41 Å². The van der Waals surface area contributed by atoms with Gasteiger partial charge in [0.05, 0.1) is 18.1 Å². The van der Waals surface area contributed by atoms with Gasteiger partial charge in [0.25, 0.3) is 5.78 Å². The molecular formula is C12H14N6. The third-order valence-corrected chi connectivity index (χ3v) is 2.70. The topological polar surface area (TPSA) is 71.8 Å². The zero-order valence-electron chi connectivity index (χ0n) is 10.5. The second-order valence-electron chi connectivity index (χ2n) is 5.21. The summed E-state index contributed by atoms with van der Waals surface area (Å²) in [4.78, 5) is 17.1. The number of H-pyrrole nitrogens is 1. The van der Waals surface area contributed by atoms with Crippen molar-refractivity contribution in [3.05, 3.63) is 30.5 Å². The van der Waals surface area contributed by atoms with Crippen LogP contribution in [0.15, 0.2) is 24.8 Å². The minimum Gasteiger partial charge on any atom is -0.273 e. The normalized spacial score (nSPS) is 12.2. The van der Waals surface area contributed by atoms with E-state index in [1.807, 2.05) is 10.7 Å². The lowest BCUT2D eigenvalue weighted by atomic mass is 9.93. The van der Waals surface area contributed by atoms with Gasteiger partial charge in [0.2, 0.25) is 0 Å². The summed E-state index contributed by atoms with van der Waals surface area (Å²) in [6, 6.07) is 0. The molecule has 0 radical (unpaired) electrons. The minimum absolute atomic E-state index is 0.0151. The number of hydrogen-bond acceptors (Lipinski definition) is 4. The van der Waals surface area contributed by atoms with E-state index in [9.17, 15) is 0 Å². The average molecular weight is 242 g/mol. The molecule has 0 saturated carbocycles. The van der Waals surface area contributed by atoms with Crippen molar-refractivity contribution >= 4 is 5.78 Å². The Balaban J connectivity index is 2.07. The zero-order chi connectivity index (χ0) is 12.8. The average Bonchev–Trinajstić information content (AvgIpc) is 2.86. The lowest BCUT2D eigenvalue weighted by Gasteiger charge is -2.13. The molecule has 3 rings (SSSR count). The number of rotatable bonds is 1. The van der Waals surface area contributed by atoms with Crippen LogP contribution in [0, 0.1) is 0 Å². The molecule has 92 valence electrons. The fraction of sp³-hybridized carbons (Fsp3) is 0.333. The number of fused-ring (bicyclic) bond motifs is 1. The summed E-state index contributed by atoms with van der Waals surface area (Å²) in [7, 11) is 0. The summed E-state index contributed by atoms with van der Waals surface area (Å²) in [5.74, 6) is 1.33. The van der Waals surface area contributed by atoms with Crippen molar-refractivity contribution in [3.8, 4) is 11.5 Å². The van der Waals surface area contributed by atoms with Gasteiger partial charge in [-0.2, -0.15) is 4.98 Å². The van der Waals surface area contributed by atoms with E-state index in [2.05, 4.69) is 45.8 Å². The van der Waals surface area contributed by atoms with Gasteiger partial charge in [-0.15, -0.1) is 0 Å². The molecule has 3 aromatic heterocycles. The van der Waals surface area contributed by atoms with Crippen molar-refractivity contribution in [1.29, 1.82) is 0 Å². The predicted octanol–water partition coefficient (Wildman–Crippen LogP) is 1.81. The molecule has 3 heterocycles. The lowest BCUT2D eigenvalue weighted by Crippen LogP contribution is -2.11. The first kappa shape index (κ1) is 10.9. The van der Waals surface area contributed by atoms with Gasteiger partial charge in [-0.05, 0) is 0 Å². The highest BCUT2D eigenvalue weighted by atomic mass is 15.3. The molecule has 0 fully saturated rings. The molecule has 0 unspecified atom stereocenters. The van der Waals surface area contributed by atoms with Crippen LogP contribution in [0.25, 0.3) is 17.3 Å². The maximum Gasteiger partial charge on any atom is 0.251 e. The predicted molar refractivity (Wildman–Crippen MR) is 67.1 cm³/mol. The van der Waals surface area contributed by atoms with Gasteiger partial charge in [-0.3, -0.25) is 10.1 Å². The van der Waals surface area contributed by atoms with Crippen LogP contribution in [-0.4, -0.2) is 29.5 Å². The summed E-state index contributed by atoms with van der Waals surface area (Å²) in [5.41, 5.74) is 1.73. The molecule has 0 aliphatic heterocycles. The molecule has 0 aliphatic carbocycles. The SMILES string of the molecule is CC(C)(C)c1cn2[nH]c(-c3cnccn3)nc2n1. The van der Waals surface area contributed by atoms with Gasteiger partial charge in [0.1, 0.15) is 5.69 Å². The molecule has 0 aliphatic rings. The Labute approximate surface area is 104 Å². The fourth-order valence-corrected chi connectivity index (χ4v) is 1.67. The molecule has 18 heavy (non-hydrogen) atoms. The highest BCUT2D eigenvalue weighted by Crippen LogP contribution is 2.21. The Kier molecular flexibility index (Phi) is 2.19. The van der Waals surface area contributed by atoms with Crippen molar-refractivity contribution in [2.24, 2.45) is 0 Å². The Morgan fingerprint density at radius 1 is 1.17 bits per heavy atom. The first-order valence-corrected chi connectivity index (χ1v) is 5.76. The van der Waals surface area contributed by atoms with E-state index < -0.39 is 0 Å². The molecule has 6 heteroatoms. The molecular weight excluding hydrogens is 228 g/mol. The van der Waals surface area contributed by atoms with E-state index in [1.165, 1.54) is 0 Å². The third kappa shape index (κ3) is 1.75. The monoisotopic (exact) mass is 242 g/mol. The largest absolute Gasteiger partial charge is 0.273 e. The highest BCUT2D eigenvalue weighted by molar-refractivity contribution is 5.50. The highest BCUT2D eigenvalue weighted by Gasteiger charge is 2.19. The minimum atomic E-state index is 0.0151. The molecule has 0 aromatic carbocycles. The van der Waals surface area contributed by atoms with Gasteiger partial charge in [0, 0.05) is 17.8 Å². The number of imidazole rings is 1. The van der Waals surface area contributed by atoms with E-state index in [0.29, 0.717) is 17.3 Å². The lowest BCUT2D eigenvalue weighted by molar-refractivity contribution is 0.572. The summed E-state index contributed by atoms with van der Waals surface area (Å²) < 4.78 is 1.81. The number of nitrogens with zero attached hydrogens (tertiary/aromatic N) is 5. The van der Waals surface area contributed by atoms with Gasteiger partial charge in [-0.1, -0.05) is 20.8 Å².